The lowest BCUT2D eigenvalue weighted by Crippen LogP contribution is -2.37. The smallest absolute Gasteiger partial charge is 0.451 e. The number of amides is 1. The molecule has 0 saturated carbocycles. The number of benzene rings is 1. The molecule has 0 aliphatic heterocycles. The van der Waals surface area contributed by atoms with E-state index in [4.69, 9.17) is 4.74 Å². The number of thiazole rings is 1. The van der Waals surface area contributed by atoms with E-state index in [9.17, 15) is 28.1 Å². The number of carbonyl (C=O) groups is 1. The molecule has 0 aliphatic carbocycles. The molecule has 0 bridgehead atoms. The molecule has 9 nitrogen and oxygen atoms in total. The summed E-state index contributed by atoms with van der Waals surface area (Å²) < 4.78 is 43.8. The Morgan fingerprint density at radius 1 is 1.17 bits per heavy atom. The number of carbonyl (C=O) groups excluding carboxylic acids is 1. The number of hydrogen-bond acceptors (Lipinski definition) is 8. The maximum absolute atomic E-state index is 13.0. The highest BCUT2D eigenvalue weighted by molar-refractivity contribution is 7.14. The standard InChI is InChI=1S/C22H22F3N5O4S/c1-12-8-26-19(35-12)15-5-14(6-17(7-15)34-11-21(3,4)30(32)33)18(31)29-13(2)16-9-27-20(28-10-16)22(23,24)25/h5-10,13H,11H2,1-4H3,(H,29,31)/t13-/m1/s1. The summed E-state index contributed by atoms with van der Waals surface area (Å²) in [6, 6.07) is 3.96. The van der Waals surface area contributed by atoms with Crippen molar-refractivity contribution < 1.29 is 27.6 Å². The average Bonchev–Trinajstić information content (AvgIpc) is 3.23. The zero-order valence-corrected chi connectivity index (χ0v) is 20.0. The van der Waals surface area contributed by atoms with Crippen LogP contribution in [-0.4, -0.2) is 37.9 Å². The third kappa shape index (κ3) is 6.50. The van der Waals surface area contributed by atoms with Gasteiger partial charge in [-0.05, 0) is 32.0 Å². The number of alkyl halides is 3. The quantitative estimate of drug-likeness (QED) is 0.340. The van der Waals surface area contributed by atoms with Gasteiger partial charge in [-0.2, -0.15) is 13.2 Å². The first kappa shape index (κ1) is 26.0. The first-order valence-corrected chi connectivity index (χ1v) is 11.1. The first-order chi connectivity index (χ1) is 16.3. The molecule has 0 aliphatic rings. The molecule has 1 aromatic carbocycles. The van der Waals surface area contributed by atoms with Crippen molar-refractivity contribution in [3.05, 3.63) is 68.7 Å². The van der Waals surface area contributed by atoms with Crippen LogP contribution in [0.3, 0.4) is 0 Å². The van der Waals surface area contributed by atoms with Crippen molar-refractivity contribution in [3.8, 4) is 16.3 Å². The summed E-state index contributed by atoms with van der Waals surface area (Å²) in [5.41, 5.74) is -0.311. The van der Waals surface area contributed by atoms with Gasteiger partial charge in [-0.3, -0.25) is 14.9 Å². The maximum atomic E-state index is 13.0. The van der Waals surface area contributed by atoms with E-state index in [1.165, 1.54) is 31.3 Å². The molecule has 0 saturated heterocycles. The van der Waals surface area contributed by atoms with Gasteiger partial charge in [0, 0.05) is 58.9 Å². The second-order valence-electron chi connectivity index (χ2n) is 8.41. The molecule has 13 heteroatoms. The Bertz CT molecular complexity index is 1230. The number of hydrogen-bond donors (Lipinski definition) is 1. The molecule has 35 heavy (non-hydrogen) atoms. The Balaban J connectivity index is 1.86. The van der Waals surface area contributed by atoms with Crippen molar-refractivity contribution in [2.45, 2.75) is 45.5 Å². The van der Waals surface area contributed by atoms with Crippen molar-refractivity contribution >= 4 is 17.2 Å². The molecular formula is C22H22F3N5O4S. The van der Waals surface area contributed by atoms with Crippen LogP contribution in [0.25, 0.3) is 10.6 Å². The first-order valence-electron chi connectivity index (χ1n) is 10.3. The van der Waals surface area contributed by atoms with Gasteiger partial charge in [0.15, 0.2) is 6.61 Å². The molecule has 1 amide bonds. The van der Waals surface area contributed by atoms with Crippen molar-refractivity contribution in [1.82, 2.24) is 20.3 Å². The zero-order chi connectivity index (χ0) is 26.0. The lowest BCUT2D eigenvalue weighted by atomic mass is 10.1. The molecule has 0 fully saturated rings. The van der Waals surface area contributed by atoms with Crippen LogP contribution in [0, 0.1) is 17.0 Å². The summed E-state index contributed by atoms with van der Waals surface area (Å²) >= 11 is 1.40. The van der Waals surface area contributed by atoms with Crippen molar-refractivity contribution in [1.29, 1.82) is 0 Å². The van der Waals surface area contributed by atoms with Gasteiger partial charge in [0.05, 0.1) is 6.04 Å². The monoisotopic (exact) mass is 509 g/mol. The molecular weight excluding hydrogens is 487 g/mol. The molecule has 0 radical (unpaired) electrons. The fourth-order valence-electron chi connectivity index (χ4n) is 2.81. The number of nitrogens with one attached hydrogen (secondary N) is 1. The van der Waals surface area contributed by atoms with Crippen LogP contribution in [0.5, 0.6) is 5.75 Å². The summed E-state index contributed by atoms with van der Waals surface area (Å²) in [6.07, 6.45) is -0.983. The van der Waals surface area contributed by atoms with E-state index in [1.807, 2.05) is 6.92 Å². The van der Waals surface area contributed by atoms with E-state index in [0.717, 1.165) is 17.3 Å². The molecule has 0 unspecified atom stereocenters. The normalized spacial score (nSPS) is 12.8. The molecule has 2 aromatic heterocycles. The predicted octanol–water partition coefficient (Wildman–Crippen LogP) is 4.85. The average molecular weight is 510 g/mol. The van der Waals surface area contributed by atoms with E-state index in [1.54, 1.807) is 25.3 Å². The largest absolute Gasteiger partial charge is 0.486 e. The SMILES string of the molecule is Cc1cnc(-c2cc(OCC(C)(C)[N+](=O)[O-])cc(C(=O)N[C@H](C)c3cnc(C(F)(F)F)nc3)c2)s1. The molecule has 2 heterocycles. The van der Waals surface area contributed by atoms with E-state index in [-0.39, 0.29) is 23.5 Å². The highest BCUT2D eigenvalue weighted by Crippen LogP contribution is 2.30. The van der Waals surface area contributed by atoms with Crippen LogP contribution in [0.4, 0.5) is 13.2 Å². The summed E-state index contributed by atoms with van der Waals surface area (Å²) in [5.74, 6) is -1.57. The van der Waals surface area contributed by atoms with Gasteiger partial charge in [-0.15, -0.1) is 11.3 Å². The van der Waals surface area contributed by atoms with Crippen molar-refractivity contribution in [2.75, 3.05) is 6.61 Å². The zero-order valence-electron chi connectivity index (χ0n) is 19.2. The predicted molar refractivity (Wildman–Crippen MR) is 122 cm³/mol. The van der Waals surface area contributed by atoms with E-state index in [2.05, 4.69) is 20.3 Å². The number of aryl methyl sites for hydroxylation is 1. The lowest BCUT2D eigenvalue weighted by molar-refractivity contribution is -0.562. The molecule has 1 N–H and O–H groups in total. The number of rotatable bonds is 8. The van der Waals surface area contributed by atoms with Crippen LogP contribution in [0.1, 0.15) is 53.4 Å². The third-order valence-electron chi connectivity index (χ3n) is 4.90. The van der Waals surface area contributed by atoms with Gasteiger partial charge >= 0.3 is 6.18 Å². The second kappa shape index (κ2) is 9.94. The fourth-order valence-corrected chi connectivity index (χ4v) is 3.56. The maximum Gasteiger partial charge on any atom is 0.451 e. The van der Waals surface area contributed by atoms with E-state index in [0.29, 0.717) is 10.6 Å². The van der Waals surface area contributed by atoms with Crippen LogP contribution < -0.4 is 10.1 Å². The summed E-state index contributed by atoms with van der Waals surface area (Å²) in [5, 5.41) is 14.5. The number of nitrogens with zero attached hydrogens (tertiary/aromatic N) is 4. The van der Waals surface area contributed by atoms with Crippen LogP contribution >= 0.6 is 11.3 Å². The van der Waals surface area contributed by atoms with Gasteiger partial charge in [-0.25, -0.2) is 15.0 Å². The minimum Gasteiger partial charge on any atom is -0.486 e. The van der Waals surface area contributed by atoms with Gasteiger partial charge in [0.1, 0.15) is 10.8 Å². The lowest BCUT2D eigenvalue weighted by Gasteiger charge is -2.18. The van der Waals surface area contributed by atoms with Gasteiger partial charge < -0.3 is 10.1 Å². The highest BCUT2D eigenvalue weighted by Gasteiger charge is 2.34. The van der Waals surface area contributed by atoms with E-state index < -0.39 is 34.4 Å². The fraction of sp³-hybridized carbons (Fsp3) is 0.364. The number of aromatic nitrogens is 3. The molecule has 3 aromatic rings. The van der Waals surface area contributed by atoms with Crippen LogP contribution in [0.2, 0.25) is 0 Å². The van der Waals surface area contributed by atoms with Gasteiger partial charge in [0.2, 0.25) is 11.4 Å². The summed E-state index contributed by atoms with van der Waals surface area (Å²) in [4.78, 5) is 35.6. The number of halogens is 3. The molecule has 186 valence electrons. The Kier molecular flexibility index (Phi) is 7.38. The third-order valence-corrected chi connectivity index (χ3v) is 5.86. The van der Waals surface area contributed by atoms with Gasteiger partial charge in [-0.1, -0.05) is 0 Å². The molecule has 0 spiro atoms. The summed E-state index contributed by atoms with van der Waals surface area (Å²) in [6.45, 7) is 6.06. The molecule has 1 atom stereocenters. The topological polar surface area (TPSA) is 120 Å². The summed E-state index contributed by atoms with van der Waals surface area (Å²) in [7, 11) is 0. The molecule has 3 rings (SSSR count). The van der Waals surface area contributed by atoms with Crippen LogP contribution in [0.15, 0.2) is 36.8 Å². The Labute approximate surface area is 202 Å². The Hall–Kier alpha value is -3.61. The number of ether oxygens (including phenoxy) is 1. The minimum atomic E-state index is -4.67. The Morgan fingerprint density at radius 3 is 2.37 bits per heavy atom. The van der Waals surface area contributed by atoms with Gasteiger partial charge in [0.25, 0.3) is 5.91 Å². The van der Waals surface area contributed by atoms with Crippen molar-refractivity contribution in [2.24, 2.45) is 0 Å². The second-order valence-corrected chi connectivity index (χ2v) is 9.65. The van der Waals surface area contributed by atoms with Crippen molar-refractivity contribution in [3.63, 3.8) is 0 Å². The minimum absolute atomic E-state index is 0.184. The highest BCUT2D eigenvalue weighted by atomic mass is 32.1. The Morgan fingerprint density at radius 2 is 1.83 bits per heavy atom. The number of nitro groups is 1. The van der Waals surface area contributed by atoms with E-state index >= 15 is 0 Å². The van der Waals surface area contributed by atoms with Crippen LogP contribution in [-0.2, 0) is 6.18 Å².